The molecule has 0 radical (unpaired) electrons. The topological polar surface area (TPSA) is 0 Å². The van der Waals surface area contributed by atoms with Crippen LogP contribution in [0, 0.1) is 0 Å². The lowest BCUT2D eigenvalue weighted by Gasteiger charge is -2.20. The zero-order valence-corrected chi connectivity index (χ0v) is 15.2. The molecule has 0 amide bonds. The summed E-state index contributed by atoms with van der Waals surface area (Å²) in [5, 5.41) is 0. The van der Waals surface area contributed by atoms with E-state index in [-0.39, 0.29) is 0 Å². The molecule has 0 aliphatic rings. The number of rotatable bonds is 6. The molecule has 0 N–H and O–H groups in total. The van der Waals surface area contributed by atoms with Crippen LogP contribution in [0.2, 0.25) is 49.4 Å². The van der Waals surface area contributed by atoms with Gasteiger partial charge in [0.25, 0.3) is 0 Å². The Morgan fingerprint density at radius 1 is 0.438 bits per heavy atom. The Morgan fingerprint density at radius 2 is 0.562 bits per heavy atom. The van der Waals surface area contributed by atoms with Gasteiger partial charge in [-0.15, -0.1) is 0 Å². The van der Waals surface area contributed by atoms with Gasteiger partial charge in [-0.2, -0.15) is 0 Å². The second kappa shape index (κ2) is 9.46. The molecule has 100 valence electrons. The van der Waals surface area contributed by atoms with Gasteiger partial charge in [-0.05, 0) is 0 Å². The van der Waals surface area contributed by atoms with Crippen LogP contribution in [0.15, 0.2) is 0 Å². The second-order valence-electron chi connectivity index (χ2n) is 5.74. The van der Waals surface area contributed by atoms with Crippen molar-refractivity contribution in [1.82, 2.24) is 0 Å². The number of hydrogen-bond donors (Lipinski definition) is 0. The van der Waals surface area contributed by atoms with Crippen molar-refractivity contribution in [3.05, 3.63) is 0 Å². The highest BCUT2D eigenvalue weighted by Crippen LogP contribution is 2.19. The van der Waals surface area contributed by atoms with Gasteiger partial charge >= 0.3 is 0 Å². The van der Waals surface area contributed by atoms with Crippen molar-refractivity contribution in [2.45, 2.75) is 90.9 Å². The van der Waals surface area contributed by atoms with Crippen LogP contribution < -0.4 is 0 Å². The largest absolute Gasteiger partial charge is 0.0692 e. The Labute approximate surface area is 107 Å². The van der Waals surface area contributed by atoms with E-state index in [4.69, 9.17) is 0 Å². The van der Waals surface area contributed by atoms with Gasteiger partial charge in [0.2, 0.25) is 0 Å². The Bertz CT molecular complexity index is 112. The average Bonchev–Trinajstić information content (AvgIpc) is 2.37. The molecule has 0 heterocycles. The van der Waals surface area contributed by atoms with Crippen molar-refractivity contribution < 1.29 is 0 Å². The Hall–Kier alpha value is 0.434. The van der Waals surface area contributed by atoms with Crippen molar-refractivity contribution in [1.29, 1.82) is 0 Å². The summed E-state index contributed by atoms with van der Waals surface area (Å²) in [7, 11) is -1.34. The highest BCUT2D eigenvalue weighted by molar-refractivity contribution is 6.78. The first kappa shape index (κ1) is 18.8. The molecule has 2 heteroatoms. The van der Waals surface area contributed by atoms with Crippen LogP contribution in [-0.4, -0.2) is 16.1 Å². The van der Waals surface area contributed by atoms with E-state index in [0.29, 0.717) is 0 Å². The molecule has 0 saturated heterocycles. The van der Waals surface area contributed by atoms with Crippen LogP contribution in [0.1, 0.15) is 41.5 Å². The van der Waals surface area contributed by atoms with Crippen molar-refractivity contribution in [2.24, 2.45) is 0 Å². The van der Waals surface area contributed by atoms with Crippen molar-refractivity contribution in [3.63, 3.8) is 0 Å². The Morgan fingerprint density at radius 3 is 0.562 bits per heavy atom. The Balaban J connectivity index is 0. The molecule has 0 bridgehead atoms. The zero-order chi connectivity index (χ0) is 13.2. The first-order valence-electron chi connectivity index (χ1n) is 7.36. The molecule has 16 heavy (non-hydrogen) atoms. The lowest BCUT2D eigenvalue weighted by atomic mass is 10.9. The summed E-state index contributed by atoms with van der Waals surface area (Å²) in [5.41, 5.74) is 0. The molecule has 0 unspecified atom stereocenters. The molecule has 0 aromatic carbocycles. The van der Waals surface area contributed by atoms with Gasteiger partial charge in [-0.1, -0.05) is 90.9 Å². The smallest absolute Gasteiger partial charge is 0.0496 e. The first-order valence-corrected chi connectivity index (χ1v) is 13.6. The maximum Gasteiger partial charge on any atom is 0.0496 e. The normalized spacial score (nSPS) is 12.0. The lowest BCUT2D eigenvalue weighted by molar-refractivity contribution is 1.18. The monoisotopic (exact) mass is 260 g/mol. The van der Waals surface area contributed by atoms with E-state index < -0.39 is 16.1 Å². The highest BCUT2D eigenvalue weighted by atomic mass is 28.3. The van der Waals surface area contributed by atoms with Crippen LogP contribution in [0.25, 0.3) is 0 Å². The quantitative estimate of drug-likeness (QED) is 0.495. The van der Waals surface area contributed by atoms with Gasteiger partial charge in [0.15, 0.2) is 0 Å². The fourth-order valence-electron chi connectivity index (χ4n) is 1.50. The molecule has 0 spiro atoms. The average molecular weight is 261 g/mol. The maximum absolute atomic E-state index is 2.49. The fourth-order valence-corrected chi connectivity index (χ4v) is 4.50. The van der Waals surface area contributed by atoms with Crippen molar-refractivity contribution in [3.8, 4) is 0 Å². The summed E-state index contributed by atoms with van der Waals surface area (Å²) < 4.78 is 0. The summed E-state index contributed by atoms with van der Waals surface area (Å²) in [6.07, 6.45) is 0. The standard InChI is InChI=1S/2C7H18Si/c2*1-5-8(4,6-2)7-3/h2*5-7H2,1-4H3. The van der Waals surface area contributed by atoms with E-state index in [1.807, 2.05) is 0 Å². The Kier molecular flexibility index (Phi) is 11.1. The van der Waals surface area contributed by atoms with Crippen LogP contribution in [0.5, 0.6) is 0 Å². The predicted octanol–water partition coefficient (Wildman–Crippen LogP) is 6.25. The van der Waals surface area contributed by atoms with E-state index in [2.05, 4.69) is 54.6 Å². The van der Waals surface area contributed by atoms with Crippen LogP contribution in [0.4, 0.5) is 0 Å². The minimum atomic E-state index is -0.671. The number of hydrogen-bond acceptors (Lipinski definition) is 0. The lowest BCUT2D eigenvalue weighted by Crippen LogP contribution is -2.25. The molecule has 0 nitrogen and oxygen atoms in total. The van der Waals surface area contributed by atoms with Gasteiger partial charge in [0.05, 0.1) is 0 Å². The third kappa shape index (κ3) is 7.67. The van der Waals surface area contributed by atoms with Crippen LogP contribution in [-0.2, 0) is 0 Å². The molecule has 0 rings (SSSR count). The van der Waals surface area contributed by atoms with Crippen LogP contribution >= 0.6 is 0 Å². The minimum absolute atomic E-state index is 0.671. The summed E-state index contributed by atoms with van der Waals surface area (Å²) in [5.74, 6) is 0. The molecule has 0 aliphatic carbocycles. The zero-order valence-electron chi connectivity index (χ0n) is 13.2. The second-order valence-corrected chi connectivity index (χ2v) is 17.2. The van der Waals surface area contributed by atoms with Crippen molar-refractivity contribution >= 4 is 16.1 Å². The summed E-state index contributed by atoms with van der Waals surface area (Å²) >= 11 is 0. The maximum atomic E-state index is 2.49. The SMILES string of the molecule is CC[Si](C)(CC)CC.CC[Si](C)(CC)CC. The van der Waals surface area contributed by atoms with Gasteiger partial charge < -0.3 is 0 Å². The van der Waals surface area contributed by atoms with E-state index in [1.54, 1.807) is 0 Å². The molecule has 0 fully saturated rings. The summed E-state index contributed by atoms with van der Waals surface area (Å²) in [4.78, 5) is 0. The van der Waals surface area contributed by atoms with Gasteiger partial charge in [0.1, 0.15) is 0 Å². The predicted molar refractivity (Wildman–Crippen MR) is 86.1 cm³/mol. The first-order chi connectivity index (χ1) is 7.36. The molecular formula is C14H36Si2. The van der Waals surface area contributed by atoms with E-state index in [9.17, 15) is 0 Å². The van der Waals surface area contributed by atoms with E-state index in [1.165, 1.54) is 36.3 Å². The molecule has 0 atom stereocenters. The third-order valence-corrected chi connectivity index (χ3v) is 15.4. The van der Waals surface area contributed by atoms with E-state index >= 15 is 0 Å². The highest BCUT2D eigenvalue weighted by Gasteiger charge is 2.18. The van der Waals surface area contributed by atoms with Crippen molar-refractivity contribution in [2.75, 3.05) is 0 Å². The molecule has 0 saturated carbocycles. The van der Waals surface area contributed by atoms with Crippen LogP contribution in [0.3, 0.4) is 0 Å². The summed E-state index contributed by atoms with van der Waals surface area (Å²) in [6.45, 7) is 19.0. The molecule has 0 aromatic rings. The third-order valence-electron chi connectivity index (χ3n) is 5.12. The fraction of sp³-hybridized carbons (Fsp3) is 1.00. The molecule has 0 aromatic heterocycles. The molecular weight excluding hydrogens is 224 g/mol. The van der Waals surface area contributed by atoms with Gasteiger partial charge in [0, 0.05) is 16.1 Å². The molecule has 0 aliphatic heterocycles. The van der Waals surface area contributed by atoms with Gasteiger partial charge in [-0.3, -0.25) is 0 Å². The minimum Gasteiger partial charge on any atom is -0.0692 e. The van der Waals surface area contributed by atoms with Gasteiger partial charge in [-0.25, -0.2) is 0 Å². The summed E-state index contributed by atoms with van der Waals surface area (Å²) in [6, 6.07) is 8.75. The van der Waals surface area contributed by atoms with E-state index in [0.717, 1.165) is 0 Å².